The highest BCUT2D eigenvalue weighted by Gasteiger charge is 2.05. The Morgan fingerprint density at radius 3 is 2.20 bits per heavy atom. The number of aromatic hydroxyl groups is 1. The number of hydrogen-bond donors (Lipinski definition) is 2. The van der Waals surface area contributed by atoms with Gasteiger partial charge in [0.15, 0.2) is 0 Å². The number of nitrogens with zero attached hydrogens (tertiary/aromatic N) is 1. The number of benzene rings is 2. The fourth-order valence-corrected chi connectivity index (χ4v) is 2.04. The number of hydrazone groups is 1. The Morgan fingerprint density at radius 2 is 1.64 bits per heavy atom. The van der Waals surface area contributed by atoms with Crippen molar-refractivity contribution in [3.05, 3.63) is 63.7 Å². The molecule has 0 heterocycles. The first-order valence-electron chi connectivity index (χ1n) is 8.36. The Hall–Kier alpha value is -2.33. The number of aryl methyl sites for hydroxylation is 2. The normalized spacial score (nSPS) is 9.56. The molecule has 2 rings (SSSR count). The number of rotatable bonds is 3. The zero-order valence-corrected chi connectivity index (χ0v) is 16.5. The molecule has 0 bridgehead atoms. The summed E-state index contributed by atoms with van der Waals surface area (Å²) in [7, 11) is 0. The number of amides is 1. The van der Waals surface area contributed by atoms with Gasteiger partial charge in [-0.1, -0.05) is 45.4 Å². The van der Waals surface area contributed by atoms with Gasteiger partial charge in [-0.3, -0.25) is 4.79 Å². The molecular weight excluding hydrogens is 336 g/mol. The summed E-state index contributed by atoms with van der Waals surface area (Å²) in [6.45, 7) is 11.7. The summed E-state index contributed by atoms with van der Waals surface area (Å²) in [4.78, 5) is 11.8. The van der Waals surface area contributed by atoms with Crippen LogP contribution in [0.3, 0.4) is 0 Å². The van der Waals surface area contributed by atoms with Crippen molar-refractivity contribution in [1.29, 1.82) is 0 Å². The van der Waals surface area contributed by atoms with Crippen molar-refractivity contribution in [3.63, 3.8) is 0 Å². The molecule has 0 fully saturated rings. The number of carbonyl (C=O) groups is 1. The number of nitrogens with one attached hydrogen (secondary N) is 1. The first kappa shape index (κ1) is 22.7. The maximum atomic E-state index is 11.8. The highest BCUT2D eigenvalue weighted by atomic mass is 35.5. The van der Waals surface area contributed by atoms with Crippen LogP contribution in [0, 0.1) is 13.8 Å². The van der Waals surface area contributed by atoms with E-state index in [9.17, 15) is 9.90 Å². The van der Waals surface area contributed by atoms with Gasteiger partial charge in [-0.05, 0) is 55.3 Å². The Morgan fingerprint density at radius 1 is 1.08 bits per heavy atom. The number of phenolic OH excluding ortho intramolecular Hbond substituents is 1. The van der Waals surface area contributed by atoms with Gasteiger partial charge in [0.25, 0.3) is 5.91 Å². The van der Waals surface area contributed by atoms with Gasteiger partial charge >= 0.3 is 0 Å². The van der Waals surface area contributed by atoms with Crippen molar-refractivity contribution in [2.45, 2.75) is 41.5 Å². The molecule has 0 saturated carbocycles. The van der Waals surface area contributed by atoms with E-state index in [0.29, 0.717) is 16.1 Å². The number of phenols is 1. The molecule has 0 aliphatic rings. The van der Waals surface area contributed by atoms with Crippen molar-refractivity contribution in [3.8, 4) is 5.75 Å². The maximum Gasteiger partial charge on any atom is 0.271 e. The van der Waals surface area contributed by atoms with Crippen molar-refractivity contribution >= 4 is 23.7 Å². The van der Waals surface area contributed by atoms with Crippen molar-refractivity contribution in [2.75, 3.05) is 0 Å². The van der Waals surface area contributed by atoms with Gasteiger partial charge in [0.2, 0.25) is 0 Å². The van der Waals surface area contributed by atoms with Gasteiger partial charge in [0, 0.05) is 16.1 Å². The minimum absolute atomic E-state index is 0.157. The summed E-state index contributed by atoms with van der Waals surface area (Å²) in [6.07, 6.45) is 1.42. The lowest BCUT2D eigenvalue weighted by Gasteiger charge is -2.05. The number of halogens is 1. The van der Waals surface area contributed by atoms with E-state index in [-0.39, 0.29) is 11.7 Å². The van der Waals surface area contributed by atoms with E-state index < -0.39 is 0 Å². The summed E-state index contributed by atoms with van der Waals surface area (Å²) in [6, 6.07) is 10.2. The lowest BCUT2D eigenvalue weighted by molar-refractivity contribution is 0.0955. The summed E-state index contributed by atoms with van der Waals surface area (Å²) >= 11 is 5.76. The van der Waals surface area contributed by atoms with E-state index in [2.05, 4.69) is 10.5 Å². The monoisotopic (exact) mass is 362 g/mol. The Balaban J connectivity index is 0.00000134. The van der Waals surface area contributed by atoms with Crippen molar-refractivity contribution < 1.29 is 9.90 Å². The summed E-state index contributed by atoms with van der Waals surface area (Å²) in [5, 5.41) is 14.3. The third-order valence-corrected chi connectivity index (χ3v) is 3.20. The molecule has 0 aliphatic heterocycles. The van der Waals surface area contributed by atoms with E-state index in [0.717, 1.165) is 11.1 Å². The second kappa shape index (κ2) is 12.1. The second-order valence-electron chi connectivity index (χ2n) is 4.73. The number of hydrogen-bond acceptors (Lipinski definition) is 3. The van der Waals surface area contributed by atoms with Crippen LogP contribution in [0.15, 0.2) is 41.5 Å². The minimum atomic E-state index is -0.341. The molecule has 5 heteroatoms. The molecule has 0 spiro atoms. The molecule has 0 radical (unpaired) electrons. The highest BCUT2D eigenvalue weighted by molar-refractivity contribution is 6.30. The van der Waals surface area contributed by atoms with E-state index in [1.54, 1.807) is 30.3 Å². The summed E-state index contributed by atoms with van der Waals surface area (Å²) in [5.41, 5.74) is 5.20. The lowest BCUT2D eigenvalue weighted by Crippen LogP contribution is -2.17. The SMILES string of the molecule is CC.CC.Cc1cc(C)c(O)c(/C=N/NC(=O)c2ccc(Cl)cc2)c1. The zero-order valence-electron chi connectivity index (χ0n) is 15.7. The van der Waals surface area contributed by atoms with Crippen LogP contribution >= 0.6 is 11.6 Å². The molecular formula is C20H27ClN2O2. The topological polar surface area (TPSA) is 61.7 Å². The maximum absolute atomic E-state index is 11.8. The van der Waals surface area contributed by atoms with Gasteiger partial charge in [0.1, 0.15) is 5.75 Å². The van der Waals surface area contributed by atoms with Crippen LogP contribution < -0.4 is 5.43 Å². The van der Waals surface area contributed by atoms with E-state index >= 15 is 0 Å². The van der Waals surface area contributed by atoms with Crippen molar-refractivity contribution in [1.82, 2.24) is 5.43 Å². The van der Waals surface area contributed by atoms with Crippen LogP contribution in [-0.4, -0.2) is 17.2 Å². The average Bonchev–Trinajstić information content (AvgIpc) is 2.63. The molecule has 0 aliphatic carbocycles. The fraction of sp³-hybridized carbons (Fsp3) is 0.300. The average molecular weight is 363 g/mol. The van der Waals surface area contributed by atoms with E-state index in [1.165, 1.54) is 6.21 Å². The summed E-state index contributed by atoms with van der Waals surface area (Å²) < 4.78 is 0. The Kier molecular flexibility index (Phi) is 11.0. The van der Waals surface area contributed by atoms with Crippen LogP contribution in [0.4, 0.5) is 0 Å². The molecule has 2 aromatic carbocycles. The van der Waals surface area contributed by atoms with Crippen LogP contribution in [0.25, 0.3) is 0 Å². The highest BCUT2D eigenvalue weighted by Crippen LogP contribution is 2.21. The standard InChI is InChI=1S/C16H15ClN2O2.2C2H6/c1-10-7-11(2)15(20)13(8-10)9-18-19-16(21)12-3-5-14(17)6-4-12;2*1-2/h3-9,20H,1-2H3,(H,19,21);2*1-2H3/b18-9+;;. The summed E-state index contributed by atoms with van der Waals surface area (Å²) in [5.74, 6) is -0.183. The molecule has 0 atom stereocenters. The molecule has 136 valence electrons. The second-order valence-corrected chi connectivity index (χ2v) is 5.16. The first-order valence-corrected chi connectivity index (χ1v) is 8.74. The molecule has 4 nitrogen and oxygen atoms in total. The molecule has 2 N–H and O–H groups in total. The van der Waals surface area contributed by atoms with Gasteiger partial charge < -0.3 is 5.11 Å². The van der Waals surface area contributed by atoms with Gasteiger partial charge in [-0.15, -0.1) is 0 Å². The third-order valence-electron chi connectivity index (χ3n) is 2.95. The molecule has 0 unspecified atom stereocenters. The fourth-order valence-electron chi connectivity index (χ4n) is 1.92. The largest absolute Gasteiger partial charge is 0.507 e. The Labute approximate surface area is 155 Å². The van der Waals surface area contributed by atoms with E-state index in [4.69, 9.17) is 11.6 Å². The predicted octanol–water partition coefficient (Wildman–Crippen LogP) is 5.48. The first-order chi connectivity index (χ1) is 12.0. The van der Waals surface area contributed by atoms with Crippen LogP contribution in [0.5, 0.6) is 5.75 Å². The van der Waals surface area contributed by atoms with Gasteiger partial charge in [-0.2, -0.15) is 5.10 Å². The molecule has 0 aromatic heterocycles. The Bertz CT molecular complexity index is 696. The molecule has 2 aromatic rings. The quantitative estimate of drug-likeness (QED) is 0.561. The van der Waals surface area contributed by atoms with Crippen LogP contribution in [0.2, 0.25) is 5.02 Å². The lowest BCUT2D eigenvalue weighted by atomic mass is 10.1. The van der Waals surface area contributed by atoms with Crippen LogP contribution in [-0.2, 0) is 0 Å². The molecule has 25 heavy (non-hydrogen) atoms. The van der Waals surface area contributed by atoms with Crippen LogP contribution in [0.1, 0.15) is 54.7 Å². The minimum Gasteiger partial charge on any atom is -0.507 e. The predicted molar refractivity (Wildman–Crippen MR) is 107 cm³/mol. The molecule has 0 saturated heterocycles. The van der Waals surface area contributed by atoms with Gasteiger partial charge in [0.05, 0.1) is 6.21 Å². The van der Waals surface area contributed by atoms with Crippen molar-refractivity contribution in [2.24, 2.45) is 5.10 Å². The smallest absolute Gasteiger partial charge is 0.271 e. The number of carbonyl (C=O) groups excluding carboxylic acids is 1. The third kappa shape index (κ3) is 7.40. The van der Waals surface area contributed by atoms with Gasteiger partial charge in [-0.25, -0.2) is 5.43 Å². The van der Waals surface area contributed by atoms with E-state index in [1.807, 2.05) is 47.6 Å². The molecule has 1 amide bonds. The zero-order chi connectivity index (χ0) is 19.4.